The number of rotatable bonds is 4. The summed E-state index contributed by atoms with van der Waals surface area (Å²) >= 11 is 0. The number of esters is 1. The van der Waals surface area contributed by atoms with Crippen molar-refractivity contribution in [3.8, 4) is 0 Å². The number of hydrogen-bond acceptors (Lipinski definition) is 4. The van der Waals surface area contributed by atoms with Gasteiger partial charge in [0.25, 0.3) is 0 Å². The van der Waals surface area contributed by atoms with Crippen molar-refractivity contribution in [2.75, 3.05) is 26.7 Å². The van der Waals surface area contributed by atoms with Crippen LogP contribution in [-0.2, 0) is 22.5 Å². The molecular formula is C15H22N2O2. The zero-order chi connectivity index (χ0) is 13.7. The maximum absolute atomic E-state index is 11.4. The predicted molar refractivity (Wildman–Crippen MR) is 74.9 cm³/mol. The van der Waals surface area contributed by atoms with E-state index in [-0.39, 0.29) is 5.97 Å². The molecule has 2 rings (SSSR count). The van der Waals surface area contributed by atoms with Crippen molar-refractivity contribution in [3.63, 3.8) is 0 Å². The molecule has 4 heteroatoms. The molecular weight excluding hydrogens is 240 g/mol. The van der Waals surface area contributed by atoms with Crippen molar-refractivity contribution in [2.24, 2.45) is 0 Å². The lowest BCUT2D eigenvalue weighted by atomic mass is 10.0. The van der Waals surface area contributed by atoms with Crippen LogP contribution >= 0.6 is 0 Å². The lowest BCUT2D eigenvalue weighted by Gasteiger charge is -2.32. The van der Waals surface area contributed by atoms with E-state index in [4.69, 9.17) is 4.74 Å². The van der Waals surface area contributed by atoms with E-state index in [0.717, 1.165) is 31.7 Å². The molecule has 1 aliphatic heterocycles. The molecule has 1 N–H and O–H groups in total. The first-order valence-corrected chi connectivity index (χ1v) is 6.78. The third kappa shape index (κ3) is 4.04. The van der Waals surface area contributed by atoms with E-state index in [0.29, 0.717) is 12.5 Å². The van der Waals surface area contributed by atoms with Crippen LogP contribution in [0.4, 0.5) is 0 Å². The fourth-order valence-electron chi connectivity index (χ4n) is 2.51. The van der Waals surface area contributed by atoms with E-state index in [1.165, 1.54) is 12.7 Å². The van der Waals surface area contributed by atoms with Crippen molar-refractivity contribution in [1.29, 1.82) is 0 Å². The number of carbonyl (C=O) groups excluding carboxylic acids is 1. The van der Waals surface area contributed by atoms with Gasteiger partial charge in [-0.3, -0.25) is 9.69 Å². The van der Waals surface area contributed by atoms with Gasteiger partial charge in [-0.15, -0.1) is 0 Å². The second-order valence-electron chi connectivity index (χ2n) is 5.11. The molecule has 19 heavy (non-hydrogen) atoms. The summed E-state index contributed by atoms with van der Waals surface area (Å²) in [6.45, 7) is 6.23. The highest BCUT2D eigenvalue weighted by Crippen LogP contribution is 2.14. The molecule has 0 unspecified atom stereocenters. The monoisotopic (exact) mass is 262 g/mol. The molecule has 0 bridgehead atoms. The molecule has 0 aliphatic carbocycles. The average Bonchev–Trinajstić information content (AvgIpc) is 2.41. The molecule has 0 amide bonds. The second-order valence-corrected chi connectivity index (χ2v) is 5.11. The minimum absolute atomic E-state index is 0.180. The number of nitrogens with one attached hydrogen (secondary N) is 1. The highest BCUT2D eigenvalue weighted by molar-refractivity contribution is 5.72. The minimum Gasteiger partial charge on any atom is -0.469 e. The van der Waals surface area contributed by atoms with Gasteiger partial charge in [-0.25, -0.2) is 0 Å². The van der Waals surface area contributed by atoms with Crippen LogP contribution in [0.3, 0.4) is 0 Å². The van der Waals surface area contributed by atoms with E-state index >= 15 is 0 Å². The van der Waals surface area contributed by atoms with Gasteiger partial charge in [0.2, 0.25) is 0 Å². The normalized spacial score (nSPS) is 20.2. The summed E-state index contributed by atoms with van der Waals surface area (Å²) in [5.74, 6) is -0.180. The molecule has 0 saturated carbocycles. The average molecular weight is 262 g/mol. The number of ether oxygens (including phenoxy) is 1. The van der Waals surface area contributed by atoms with Gasteiger partial charge in [0.05, 0.1) is 13.5 Å². The summed E-state index contributed by atoms with van der Waals surface area (Å²) in [7, 11) is 1.43. The molecule has 1 aromatic rings. The summed E-state index contributed by atoms with van der Waals surface area (Å²) in [5, 5.41) is 3.44. The number of hydrogen-bond donors (Lipinski definition) is 1. The third-order valence-corrected chi connectivity index (χ3v) is 3.53. The second kappa shape index (κ2) is 6.68. The Bertz CT molecular complexity index is 434. The smallest absolute Gasteiger partial charge is 0.309 e. The van der Waals surface area contributed by atoms with Gasteiger partial charge in [0, 0.05) is 32.2 Å². The quantitative estimate of drug-likeness (QED) is 0.828. The lowest BCUT2D eigenvalue weighted by molar-refractivity contribution is -0.139. The number of piperazine rings is 1. The van der Waals surface area contributed by atoms with Crippen molar-refractivity contribution < 1.29 is 9.53 Å². The Morgan fingerprint density at radius 3 is 2.84 bits per heavy atom. The molecule has 0 spiro atoms. The van der Waals surface area contributed by atoms with Crippen LogP contribution in [-0.4, -0.2) is 43.7 Å². The molecule has 104 valence electrons. The predicted octanol–water partition coefficient (Wildman–Crippen LogP) is 1.20. The first-order valence-electron chi connectivity index (χ1n) is 6.78. The maximum Gasteiger partial charge on any atom is 0.309 e. The van der Waals surface area contributed by atoms with E-state index < -0.39 is 0 Å². The molecule has 4 nitrogen and oxygen atoms in total. The summed E-state index contributed by atoms with van der Waals surface area (Å²) < 4.78 is 4.75. The van der Waals surface area contributed by atoms with Gasteiger partial charge >= 0.3 is 5.97 Å². The first-order chi connectivity index (χ1) is 9.19. The largest absolute Gasteiger partial charge is 0.469 e. The topological polar surface area (TPSA) is 41.6 Å². The fourth-order valence-corrected chi connectivity index (χ4v) is 2.51. The Balaban J connectivity index is 2.04. The lowest BCUT2D eigenvalue weighted by Crippen LogP contribution is -2.48. The van der Waals surface area contributed by atoms with Gasteiger partial charge in [0.15, 0.2) is 0 Å². The van der Waals surface area contributed by atoms with Crippen LogP contribution < -0.4 is 5.32 Å². The molecule has 1 aromatic carbocycles. The van der Waals surface area contributed by atoms with E-state index in [1.54, 1.807) is 0 Å². The summed E-state index contributed by atoms with van der Waals surface area (Å²) in [4.78, 5) is 13.9. The van der Waals surface area contributed by atoms with E-state index in [9.17, 15) is 4.79 Å². The number of methoxy groups -OCH3 is 1. The van der Waals surface area contributed by atoms with Crippen molar-refractivity contribution in [3.05, 3.63) is 35.4 Å². The Morgan fingerprint density at radius 2 is 2.16 bits per heavy atom. The van der Waals surface area contributed by atoms with Crippen LogP contribution in [0, 0.1) is 0 Å². The zero-order valence-electron chi connectivity index (χ0n) is 11.7. The standard InChI is InChI=1S/C15H22N2O2/c1-12-10-17(8-7-16-12)11-14-6-4-3-5-13(14)9-15(18)19-2/h3-6,12,16H,7-11H2,1-2H3/t12-/m0/s1. The van der Waals surface area contributed by atoms with Crippen LogP contribution in [0.25, 0.3) is 0 Å². The molecule has 0 radical (unpaired) electrons. The Hall–Kier alpha value is -1.39. The summed E-state index contributed by atoms with van der Waals surface area (Å²) in [6.07, 6.45) is 0.355. The van der Waals surface area contributed by atoms with Crippen LogP contribution in [0.2, 0.25) is 0 Å². The molecule has 1 atom stereocenters. The number of carbonyl (C=O) groups is 1. The van der Waals surface area contributed by atoms with E-state index in [1.807, 2.05) is 18.2 Å². The van der Waals surface area contributed by atoms with Crippen molar-refractivity contribution in [2.45, 2.75) is 25.9 Å². The Labute approximate surface area is 114 Å². The SMILES string of the molecule is COC(=O)Cc1ccccc1CN1CCN[C@@H](C)C1. The van der Waals surface area contributed by atoms with Crippen LogP contribution in [0.5, 0.6) is 0 Å². The molecule has 1 saturated heterocycles. The molecule has 1 heterocycles. The Kier molecular flexibility index (Phi) is 4.93. The first kappa shape index (κ1) is 14.0. The van der Waals surface area contributed by atoms with Gasteiger partial charge in [-0.2, -0.15) is 0 Å². The van der Waals surface area contributed by atoms with Gasteiger partial charge in [-0.1, -0.05) is 24.3 Å². The minimum atomic E-state index is -0.180. The Morgan fingerprint density at radius 1 is 1.42 bits per heavy atom. The van der Waals surface area contributed by atoms with Crippen molar-refractivity contribution in [1.82, 2.24) is 10.2 Å². The van der Waals surface area contributed by atoms with Gasteiger partial charge < -0.3 is 10.1 Å². The summed E-state index contributed by atoms with van der Waals surface area (Å²) in [5.41, 5.74) is 2.29. The van der Waals surface area contributed by atoms with Gasteiger partial charge in [0.1, 0.15) is 0 Å². The van der Waals surface area contributed by atoms with Crippen LogP contribution in [0.15, 0.2) is 24.3 Å². The van der Waals surface area contributed by atoms with Crippen molar-refractivity contribution >= 4 is 5.97 Å². The summed E-state index contributed by atoms with van der Waals surface area (Å²) in [6, 6.07) is 8.65. The molecule has 1 aliphatic rings. The van der Waals surface area contributed by atoms with Gasteiger partial charge in [-0.05, 0) is 18.1 Å². The molecule has 0 aromatic heterocycles. The fraction of sp³-hybridized carbons (Fsp3) is 0.533. The highest BCUT2D eigenvalue weighted by Gasteiger charge is 2.17. The highest BCUT2D eigenvalue weighted by atomic mass is 16.5. The number of benzene rings is 1. The zero-order valence-corrected chi connectivity index (χ0v) is 11.7. The molecule has 1 fully saturated rings. The van der Waals surface area contributed by atoms with E-state index in [2.05, 4.69) is 23.2 Å². The van der Waals surface area contributed by atoms with Crippen LogP contribution in [0.1, 0.15) is 18.1 Å². The number of nitrogens with zero attached hydrogens (tertiary/aromatic N) is 1. The third-order valence-electron chi connectivity index (χ3n) is 3.53. The maximum atomic E-state index is 11.4.